The minimum absolute atomic E-state index is 0.537. The Morgan fingerprint density at radius 2 is 1.85 bits per heavy atom. The van der Waals surface area contributed by atoms with E-state index >= 15 is 0 Å². The van der Waals surface area contributed by atoms with Gasteiger partial charge in [0, 0.05) is 45.0 Å². The Balaban J connectivity index is 1.54. The smallest absolute Gasteiger partial charge is 0.0367 e. The van der Waals surface area contributed by atoms with E-state index in [4.69, 9.17) is 0 Å². The number of rotatable bonds is 4. The standard InChI is InChI=1S/C17H27N3/c1-2-17(8-9-18-14-17)15-19-10-12-20(13-11-19)16-6-4-3-5-7-16/h3-7,18H,2,8-15H2,1H3. The summed E-state index contributed by atoms with van der Waals surface area (Å²) in [7, 11) is 0. The van der Waals surface area contributed by atoms with Gasteiger partial charge in [0.15, 0.2) is 0 Å². The Kier molecular flexibility index (Phi) is 4.27. The van der Waals surface area contributed by atoms with E-state index in [1.807, 2.05) is 0 Å². The predicted octanol–water partition coefficient (Wildman–Crippen LogP) is 2.20. The van der Waals surface area contributed by atoms with Gasteiger partial charge < -0.3 is 10.2 Å². The topological polar surface area (TPSA) is 18.5 Å². The van der Waals surface area contributed by atoms with Crippen molar-refractivity contribution in [3.05, 3.63) is 30.3 Å². The van der Waals surface area contributed by atoms with Gasteiger partial charge in [-0.1, -0.05) is 25.1 Å². The van der Waals surface area contributed by atoms with Crippen molar-refractivity contribution in [3.63, 3.8) is 0 Å². The molecule has 0 amide bonds. The minimum atomic E-state index is 0.537. The van der Waals surface area contributed by atoms with Gasteiger partial charge in [0.25, 0.3) is 0 Å². The van der Waals surface area contributed by atoms with Crippen LogP contribution >= 0.6 is 0 Å². The first-order valence-corrected chi connectivity index (χ1v) is 8.04. The van der Waals surface area contributed by atoms with Gasteiger partial charge in [-0.05, 0) is 36.9 Å². The molecule has 1 atom stereocenters. The molecule has 3 rings (SSSR count). The molecule has 0 spiro atoms. The van der Waals surface area contributed by atoms with E-state index in [1.54, 1.807) is 0 Å². The molecule has 0 aromatic heterocycles. The van der Waals surface area contributed by atoms with Gasteiger partial charge in [-0.3, -0.25) is 4.90 Å². The van der Waals surface area contributed by atoms with Crippen molar-refractivity contribution >= 4 is 5.69 Å². The predicted molar refractivity (Wildman–Crippen MR) is 85.3 cm³/mol. The monoisotopic (exact) mass is 273 g/mol. The number of para-hydroxylation sites is 1. The second-order valence-electron chi connectivity index (χ2n) is 6.38. The van der Waals surface area contributed by atoms with Gasteiger partial charge in [-0.15, -0.1) is 0 Å². The molecule has 1 aromatic rings. The van der Waals surface area contributed by atoms with E-state index < -0.39 is 0 Å². The fraction of sp³-hybridized carbons (Fsp3) is 0.647. The number of nitrogens with zero attached hydrogens (tertiary/aromatic N) is 2. The maximum Gasteiger partial charge on any atom is 0.0367 e. The molecule has 2 fully saturated rings. The molecule has 1 N–H and O–H groups in total. The second-order valence-corrected chi connectivity index (χ2v) is 6.38. The third kappa shape index (κ3) is 2.99. The van der Waals surface area contributed by atoms with E-state index in [1.165, 1.54) is 51.3 Å². The lowest BCUT2D eigenvalue weighted by atomic mass is 9.83. The molecular weight excluding hydrogens is 246 g/mol. The molecule has 2 aliphatic rings. The summed E-state index contributed by atoms with van der Waals surface area (Å²) in [6, 6.07) is 10.8. The van der Waals surface area contributed by atoms with E-state index in [0.29, 0.717) is 5.41 Å². The van der Waals surface area contributed by atoms with Crippen molar-refractivity contribution < 1.29 is 0 Å². The third-order valence-corrected chi connectivity index (χ3v) is 5.13. The van der Waals surface area contributed by atoms with Crippen LogP contribution in [0, 0.1) is 5.41 Å². The van der Waals surface area contributed by atoms with Crippen LogP contribution in [-0.4, -0.2) is 50.7 Å². The van der Waals surface area contributed by atoms with Crippen LogP contribution in [0.3, 0.4) is 0 Å². The van der Waals surface area contributed by atoms with Gasteiger partial charge in [-0.25, -0.2) is 0 Å². The fourth-order valence-electron chi connectivity index (χ4n) is 3.62. The Labute approximate surface area is 123 Å². The van der Waals surface area contributed by atoms with Crippen molar-refractivity contribution in [2.24, 2.45) is 5.41 Å². The van der Waals surface area contributed by atoms with Gasteiger partial charge >= 0.3 is 0 Å². The average Bonchev–Trinajstić information content (AvgIpc) is 2.98. The van der Waals surface area contributed by atoms with Gasteiger partial charge in [-0.2, -0.15) is 0 Å². The van der Waals surface area contributed by atoms with Crippen LogP contribution in [-0.2, 0) is 0 Å². The molecule has 2 saturated heterocycles. The number of piperazine rings is 1. The highest BCUT2D eigenvalue weighted by molar-refractivity contribution is 5.46. The highest BCUT2D eigenvalue weighted by Crippen LogP contribution is 2.31. The lowest BCUT2D eigenvalue weighted by Gasteiger charge is -2.40. The number of hydrogen-bond donors (Lipinski definition) is 1. The van der Waals surface area contributed by atoms with Crippen molar-refractivity contribution in [3.8, 4) is 0 Å². The van der Waals surface area contributed by atoms with Crippen LogP contribution < -0.4 is 10.2 Å². The first kappa shape index (κ1) is 13.9. The van der Waals surface area contributed by atoms with Crippen molar-refractivity contribution in [2.75, 3.05) is 50.7 Å². The summed E-state index contributed by atoms with van der Waals surface area (Å²) >= 11 is 0. The lowest BCUT2D eigenvalue weighted by Crippen LogP contribution is -2.50. The van der Waals surface area contributed by atoms with Crippen LogP contribution in [0.15, 0.2) is 30.3 Å². The van der Waals surface area contributed by atoms with Crippen LogP contribution in [0.5, 0.6) is 0 Å². The number of benzene rings is 1. The maximum atomic E-state index is 3.55. The summed E-state index contributed by atoms with van der Waals surface area (Å²) in [5.74, 6) is 0. The quantitative estimate of drug-likeness (QED) is 0.907. The Morgan fingerprint density at radius 3 is 2.45 bits per heavy atom. The largest absolute Gasteiger partial charge is 0.369 e. The molecule has 20 heavy (non-hydrogen) atoms. The molecule has 2 aliphatic heterocycles. The van der Waals surface area contributed by atoms with E-state index in [9.17, 15) is 0 Å². The molecule has 0 radical (unpaired) electrons. The third-order valence-electron chi connectivity index (χ3n) is 5.13. The summed E-state index contributed by atoms with van der Waals surface area (Å²) < 4.78 is 0. The molecule has 3 heteroatoms. The first-order valence-electron chi connectivity index (χ1n) is 8.04. The zero-order valence-corrected chi connectivity index (χ0v) is 12.6. The fourth-order valence-corrected chi connectivity index (χ4v) is 3.62. The second kappa shape index (κ2) is 6.15. The Morgan fingerprint density at radius 1 is 1.10 bits per heavy atom. The average molecular weight is 273 g/mol. The van der Waals surface area contributed by atoms with E-state index in [0.717, 1.165) is 13.1 Å². The summed E-state index contributed by atoms with van der Waals surface area (Å²) in [6.45, 7) is 10.8. The van der Waals surface area contributed by atoms with Crippen molar-refractivity contribution in [1.82, 2.24) is 10.2 Å². The number of anilines is 1. The molecule has 2 heterocycles. The summed E-state index contributed by atoms with van der Waals surface area (Å²) in [6.07, 6.45) is 2.65. The molecule has 3 nitrogen and oxygen atoms in total. The summed E-state index contributed by atoms with van der Waals surface area (Å²) in [4.78, 5) is 5.19. The summed E-state index contributed by atoms with van der Waals surface area (Å²) in [5, 5.41) is 3.55. The number of nitrogens with one attached hydrogen (secondary N) is 1. The minimum Gasteiger partial charge on any atom is -0.369 e. The van der Waals surface area contributed by atoms with Crippen LogP contribution in [0.4, 0.5) is 5.69 Å². The van der Waals surface area contributed by atoms with Gasteiger partial charge in [0.1, 0.15) is 0 Å². The maximum absolute atomic E-state index is 3.55. The SMILES string of the molecule is CCC1(CN2CCN(c3ccccc3)CC2)CCNC1. The van der Waals surface area contributed by atoms with Crippen molar-refractivity contribution in [2.45, 2.75) is 19.8 Å². The highest BCUT2D eigenvalue weighted by atomic mass is 15.3. The van der Waals surface area contributed by atoms with Crippen LogP contribution in [0.1, 0.15) is 19.8 Å². The van der Waals surface area contributed by atoms with E-state index in [-0.39, 0.29) is 0 Å². The van der Waals surface area contributed by atoms with Crippen LogP contribution in [0.25, 0.3) is 0 Å². The van der Waals surface area contributed by atoms with E-state index in [2.05, 4.69) is 52.4 Å². The molecule has 110 valence electrons. The molecule has 0 aliphatic carbocycles. The molecular formula is C17H27N3. The zero-order chi connectivity index (χ0) is 13.8. The normalized spacial score (nSPS) is 27.9. The number of hydrogen-bond acceptors (Lipinski definition) is 3. The molecule has 1 unspecified atom stereocenters. The zero-order valence-electron chi connectivity index (χ0n) is 12.6. The Bertz CT molecular complexity index is 404. The highest BCUT2D eigenvalue weighted by Gasteiger charge is 2.34. The lowest BCUT2D eigenvalue weighted by molar-refractivity contribution is 0.151. The first-order chi connectivity index (χ1) is 9.81. The molecule has 0 saturated carbocycles. The van der Waals surface area contributed by atoms with Crippen LogP contribution in [0.2, 0.25) is 0 Å². The molecule has 1 aromatic carbocycles. The van der Waals surface area contributed by atoms with Crippen molar-refractivity contribution in [1.29, 1.82) is 0 Å². The molecule has 0 bridgehead atoms. The Hall–Kier alpha value is -1.06. The van der Waals surface area contributed by atoms with Gasteiger partial charge in [0.05, 0.1) is 0 Å². The summed E-state index contributed by atoms with van der Waals surface area (Å²) in [5.41, 5.74) is 1.91. The van der Waals surface area contributed by atoms with Gasteiger partial charge in [0.2, 0.25) is 0 Å².